The number of hydrogen-bond donors (Lipinski definition) is 2. The van der Waals surface area contributed by atoms with Crippen LogP contribution in [0.4, 0.5) is 5.69 Å². The van der Waals surface area contributed by atoms with Crippen LogP contribution in [-0.4, -0.2) is 21.4 Å². The van der Waals surface area contributed by atoms with Gasteiger partial charge >= 0.3 is 0 Å². The third kappa shape index (κ3) is 5.28. The molecule has 5 rings (SSSR count). The maximum Gasteiger partial charge on any atom is 0.255 e. The molecule has 2 N–H and O–H groups in total. The Labute approximate surface area is 203 Å². The fourth-order valence-electron chi connectivity index (χ4n) is 3.88. The Hall–Kier alpha value is -4.71. The lowest BCUT2D eigenvalue weighted by atomic mass is 10.1. The van der Waals surface area contributed by atoms with Crippen molar-refractivity contribution in [2.75, 3.05) is 5.32 Å². The number of carbonyl (C=O) groups excluding carboxylic acids is 2. The topological polar surface area (TPSA) is 76.0 Å². The molecule has 172 valence electrons. The van der Waals surface area contributed by atoms with Crippen molar-refractivity contribution >= 4 is 28.5 Å². The van der Waals surface area contributed by atoms with Crippen molar-refractivity contribution in [1.29, 1.82) is 0 Å². The lowest BCUT2D eigenvalue weighted by Gasteiger charge is -2.09. The third-order valence-electron chi connectivity index (χ3n) is 5.80. The summed E-state index contributed by atoms with van der Waals surface area (Å²) in [5.41, 5.74) is 6.02. The van der Waals surface area contributed by atoms with Gasteiger partial charge in [0.15, 0.2) is 0 Å². The van der Waals surface area contributed by atoms with Gasteiger partial charge in [0.25, 0.3) is 11.8 Å². The molecule has 0 aliphatic carbocycles. The van der Waals surface area contributed by atoms with Crippen LogP contribution < -0.4 is 10.6 Å². The summed E-state index contributed by atoms with van der Waals surface area (Å²) in [6, 6.07) is 32.1. The molecule has 4 aromatic carbocycles. The predicted molar refractivity (Wildman–Crippen MR) is 137 cm³/mol. The molecule has 0 radical (unpaired) electrons. The summed E-state index contributed by atoms with van der Waals surface area (Å²) in [7, 11) is 0. The van der Waals surface area contributed by atoms with Crippen LogP contribution in [0.2, 0.25) is 0 Å². The van der Waals surface area contributed by atoms with E-state index >= 15 is 0 Å². The van der Waals surface area contributed by atoms with Gasteiger partial charge in [-0.3, -0.25) is 9.59 Å². The molecule has 0 fully saturated rings. The van der Waals surface area contributed by atoms with Crippen molar-refractivity contribution in [3.8, 4) is 0 Å². The molecule has 0 unspecified atom stereocenters. The standard InChI is InChI=1S/C29H24N4O2/c34-28(24-14-16-25(17-15-24)32-29(35)23-6-2-1-3-7-23)30-18-21-10-12-22(13-11-21)19-33-20-31-26-8-4-5-9-27(26)33/h1-17,20H,18-19H2,(H,30,34)(H,32,35). The minimum atomic E-state index is -0.188. The molecular weight excluding hydrogens is 436 g/mol. The molecule has 0 aliphatic heterocycles. The molecule has 1 heterocycles. The van der Waals surface area contributed by atoms with E-state index in [9.17, 15) is 9.59 Å². The molecule has 6 heteroatoms. The van der Waals surface area contributed by atoms with E-state index in [4.69, 9.17) is 0 Å². The molecule has 6 nitrogen and oxygen atoms in total. The van der Waals surface area contributed by atoms with Crippen LogP contribution in [0.5, 0.6) is 0 Å². The summed E-state index contributed by atoms with van der Waals surface area (Å²) in [6.07, 6.45) is 1.86. The lowest BCUT2D eigenvalue weighted by Crippen LogP contribution is -2.22. The number of benzene rings is 4. The molecule has 0 spiro atoms. The van der Waals surface area contributed by atoms with Crippen LogP contribution in [0.25, 0.3) is 11.0 Å². The average Bonchev–Trinajstić information content (AvgIpc) is 3.32. The number of fused-ring (bicyclic) bond motifs is 1. The molecule has 35 heavy (non-hydrogen) atoms. The van der Waals surface area contributed by atoms with Gasteiger partial charge in [0.05, 0.1) is 17.4 Å². The number of carbonyl (C=O) groups is 2. The SMILES string of the molecule is O=C(NCc1ccc(Cn2cnc3ccccc32)cc1)c1ccc(NC(=O)c2ccccc2)cc1. The molecule has 0 bridgehead atoms. The van der Waals surface area contributed by atoms with Gasteiger partial charge in [0.2, 0.25) is 0 Å². The average molecular weight is 461 g/mol. The van der Waals surface area contributed by atoms with Gasteiger partial charge in [-0.15, -0.1) is 0 Å². The molecular formula is C29H24N4O2. The molecule has 0 saturated heterocycles. The summed E-state index contributed by atoms with van der Waals surface area (Å²) in [5, 5.41) is 5.79. The quantitative estimate of drug-likeness (QED) is 0.348. The van der Waals surface area contributed by atoms with Crippen molar-refractivity contribution in [3.63, 3.8) is 0 Å². The first-order valence-electron chi connectivity index (χ1n) is 11.4. The summed E-state index contributed by atoms with van der Waals surface area (Å²) in [6.45, 7) is 1.17. The first-order chi connectivity index (χ1) is 17.2. The second-order valence-electron chi connectivity index (χ2n) is 8.26. The maximum absolute atomic E-state index is 12.6. The summed E-state index contributed by atoms with van der Waals surface area (Å²) >= 11 is 0. The highest BCUT2D eigenvalue weighted by atomic mass is 16.2. The molecule has 5 aromatic rings. The molecule has 0 aliphatic rings. The van der Waals surface area contributed by atoms with Gasteiger partial charge in [-0.25, -0.2) is 4.98 Å². The molecule has 1 aromatic heterocycles. The molecule has 0 atom stereocenters. The fraction of sp³-hybridized carbons (Fsp3) is 0.0690. The number of hydrogen-bond acceptors (Lipinski definition) is 3. The van der Waals surface area contributed by atoms with Crippen molar-refractivity contribution in [2.24, 2.45) is 0 Å². The van der Waals surface area contributed by atoms with E-state index in [1.807, 2.05) is 54.9 Å². The van der Waals surface area contributed by atoms with Gasteiger partial charge in [-0.1, -0.05) is 54.6 Å². The van der Waals surface area contributed by atoms with Crippen LogP contribution >= 0.6 is 0 Å². The normalized spacial score (nSPS) is 10.7. The Morgan fingerprint density at radius 2 is 1.34 bits per heavy atom. The number of para-hydroxylation sites is 2. The first kappa shape index (κ1) is 22.1. The summed E-state index contributed by atoms with van der Waals surface area (Å²) < 4.78 is 2.12. The highest BCUT2D eigenvalue weighted by Gasteiger charge is 2.08. The number of nitrogens with one attached hydrogen (secondary N) is 2. The van der Waals surface area contributed by atoms with E-state index in [0.29, 0.717) is 23.4 Å². The highest BCUT2D eigenvalue weighted by molar-refractivity contribution is 6.04. The van der Waals surface area contributed by atoms with Gasteiger partial charge in [-0.2, -0.15) is 0 Å². The van der Waals surface area contributed by atoms with E-state index in [2.05, 4.69) is 38.4 Å². The van der Waals surface area contributed by atoms with Crippen molar-refractivity contribution in [1.82, 2.24) is 14.9 Å². The fourth-order valence-corrected chi connectivity index (χ4v) is 3.88. The first-order valence-corrected chi connectivity index (χ1v) is 11.4. The van der Waals surface area contributed by atoms with Gasteiger partial charge in [0, 0.05) is 29.9 Å². The van der Waals surface area contributed by atoms with E-state index in [-0.39, 0.29) is 11.8 Å². The summed E-state index contributed by atoms with van der Waals surface area (Å²) in [5.74, 6) is -0.354. The van der Waals surface area contributed by atoms with E-state index in [1.165, 1.54) is 0 Å². The number of rotatable bonds is 7. The number of aromatic nitrogens is 2. The van der Waals surface area contributed by atoms with Crippen LogP contribution in [0.1, 0.15) is 31.8 Å². The largest absolute Gasteiger partial charge is 0.348 e. The van der Waals surface area contributed by atoms with Crippen molar-refractivity contribution in [3.05, 3.63) is 132 Å². The van der Waals surface area contributed by atoms with Crippen molar-refractivity contribution in [2.45, 2.75) is 13.1 Å². The highest BCUT2D eigenvalue weighted by Crippen LogP contribution is 2.15. The zero-order chi connectivity index (χ0) is 24.0. The smallest absolute Gasteiger partial charge is 0.255 e. The van der Waals surface area contributed by atoms with E-state index in [1.54, 1.807) is 36.4 Å². The number of imidazole rings is 1. The predicted octanol–water partition coefficient (Wildman–Crippen LogP) is 5.27. The monoisotopic (exact) mass is 460 g/mol. The van der Waals surface area contributed by atoms with Crippen molar-refractivity contribution < 1.29 is 9.59 Å². The molecule has 2 amide bonds. The van der Waals surface area contributed by atoms with E-state index in [0.717, 1.165) is 28.7 Å². The summed E-state index contributed by atoms with van der Waals surface area (Å²) in [4.78, 5) is 29.3. The Bertz CT molecular complexity index is 1460. The zero-order valence-corrected chi connectivity index (χ0v) is 19.0. The number of amides is 2. The van der Waals surface area contributed by atoms with Gasteiger partial charge in [-0.05, 0) is 59.7 Å². The van der Waals surface area contributed by atoms with Crippen LogP contribution in [0.3, 0.4) is 0 Å². The Morgan fingerprint density at radius 1 is 0.686 bits per heavy atom. The third-order valence-corrected chi connectivity index (χ3v) is 5.80. The number of nitrogens with zero attached hydrogens (tertiary/aromatic N) is 2. The second-order valence-corrected chi connectivity index (χ2v) is 8.26. The minimum Gasteiger partial charge on any atom is -0.348 e. The number of anilines is 1. The van der Waals surface area contributed by atoms with Gasteiger partial charge < -0.3 is 15.2 Å². The second kappa shape index (κ2) is 10.1. The minimum absolute atomic E-state index is 0.167. The van der Waals surface area contributed by atoms with Crippen LogP contribution in [-0.2, 0) is 13.1 Å². The Morgan fingerprint density at radius 3 is 2.11 bits per heavy atom. The maximum atomic E-state index is 12.6. The van der Waals surface area contributed by atoms with Gasteiger partial charge in [0.1, 0.15) is 0 Å². The Kier molecular flexibility index (Phi) is 6.35. The van der Waals surface area contributed by atoms with E-state index < -0.39 is 0 Å². The zero-order valence-electron chi connectivity index (χ0n) is 19.0. The van der Waals surface area contributed by atoms with Crippen LogP contribution in [0, 0.1) is 0 Å². The lowest BCUT2D eigenvalue weighted by molar-refractivity contribution is 0.0950. The Balaban J connectivity index is 1.14. The molecule has 0 saturated carbocycles. The van der Waals surface area contributed by atoms with Crippen LogP contribution in [0.15, 0.2) is 109 Å².